The summed E-state index contributed by atoms with van der Waals surface area (Å²) in [7, 11) is 0. The number of carbonyl (C=O) groups excluding carboxylic acids is 2. The lowest BCUT2D eigenvalue weighted by Crippen LogP contribution is -2.30. The van der Waals surface area contributed by atoms with Crippen molar-refractivity contribution in [3.63, 3.8) is 0 Å². The number of halogens is 2. The Balaban J connectivity index is 1.86. The average Bonchev–Trinajstić information content (AvgIpc) is 2.98. The number of amides is 3. The number of nitrogens with one attached hydrogen (secondary N) is 1. The molecule has 2 aromatic rings. The Bertz CT molecular complexity index is 1040. The Labute approximate surface area is 181 Å². The molecule has 2 aromatic carbocycles. The maximum atomic E-state index is 13.1. The Kier molecular flexibility index (Phi) is 6.75. The lowest BCUT2D eigenvalue weighted by atomic mass is 10.1. The summed E-state index contributed by atoms with van der Waals surface area (Å²) >= 11 is 3.44. The Morgan fingerprint density at radius 2 is 1.90 bits per heavy atom. The maximum absolute atomic E-state index is 13.1. The molecule has 3 rings (SSSR count). The van der Waals surface area contributed by atoms with Gasteiger partial charge in [-0.15, -0.1) is 6.42 Å². The van der Waals surface area contributed by atoms with Crippen molar-refractivity contribution < 1.29 is 23.5 Å². The molecule has 154 valence electrons. The van der Waals surface area contributed by atoms with Crippen LogP contribution in [-0.4, -0.2) is 30.1 Å². The molecule has 1 saturated heterocycles. The third kappa shape index (κ3) is 4.81. The Morgan fingerprint density at radius 3 is 2.57 bits per heavy atom. The van der Waals surface area contributed by atoms with Gasteiger partial charge in [0.1, 0.15) is 18.1 Å². The first-order chi connectivity index (χ1) is 14.4. The minimum Gasteiger partial charge on any atom is -0.490 e. The van der Waals surface area contributed by atoms with Crippen molar-refractivity contribution in [2.75, 3.05) is 13.2 Å². The maximum Gasteiger partial charge on any atom is 0.329 e. The highest BCUT2D eigenvalue weighted by atomic mass is 79.9. The average molecular weight is 473 g/mol. The van der Waals surface area contributed by atoms with Gasteiger partial charge >= 0.3 is 6.03 Å². The molecule has 0 spiro atoms. The van der Waals surface area contributed by atoms with Crippen LogP contribution in [0.5, 0.6) is 11.5 Å². The van der Waals surface area contributed by atoms with Gasteiger partial charge in [-0.1, -0.05) is 34.0 Å². The lowest BCUT2D eigenvalue weighted by Gasteiger charge is -2.13. The Hall–Kier alpha value is -3.31. The molecule has 0 radical (unpaired) electrons. The highest BCUT2D eigenvalue weighted by Gasteiger charge is 2.33. The zero-order chi connectivity index (χ0) is 21.7. The van der Waals surface area contributed by atoms with Gasteiger partial charge in [0.2, 0.25) is 0 Å². The predicted octanol–water partition coefficient (Wildman–Crippen LogP) is 4.09. The lowest BCUT2D eigenvalue weighted by molar-refractivity contribution is -0.123. The molecule has 0 aliphatic carbocycles. The molecule has 0 saturated carbocycles. The van der Waals surface area contributed by atoms with E-state index in [1.165, 1.54) is 24.3 Å². The molecule has 0 unspecified atom stereocenters. The van der Waals surface area contributed by atoms with Crippen LogP contribution in [0.1, 0.15) is 18.1 Å². The van der Waals surface area contributed by atoms with Crippen molar-refractivity contribution in [2.45, 2.75) is 13.5 Å². The van der Waals surface area contributed by atoms with E-state index in [9.17, 15) is 14.0 Å². The standard InChI is InChI=1S/C22H18BrFN2O4/c1-3-9-30-20-12-17(23)15(11-19(20)29-4-2)10-18-21(27)26(22(28)25-18)13-14-5-7-16(24)8-6-14/h1,5-8,10-12H,4,9,13H2,2H3,(H,25,28)/b18-10+. The summed E-state index contributed by atoms with van der Waals surface area (Å²) in [6.07, 6.45) is 6.79. The molecule has 6 nitrogen and oxygen atoms in total. The number of terminal acetylenes is 1. The van der Waals surface area contributed by atoms with Gasteiger partial charge in [-0.3, -0.25) is 9.69 Å². The molecular weight excluding hydrogens is 455 g/mol. The van der Waals surface area contributed by atoms with E-state index in [0.717, 1.165) is 4.90 Å². The zero-order valence-corrected chi connectivity index (χ0v) is 17.7. The summed E-state index contributed by atoms with van der Waals surface area (Å²) in [5.41, 5.74) is 1.36. The van der Waals surface area contributed by atoms with E-state index in [4.69, 9.17) is 15.9 Å². The molecule has 1 aliphatic rings. The van der Waals surface area contributed by atoms with Gasteiger partial charge in [0.25, 0.3) is 5.91 Å². The third-order valence-corrected chi connectivity index (χ3v) is 4.88. The van der Waals surface area contributed by atoms with Gasteiger partial charge in [-0.2, -0.15) is 0 Å². The number of benzene rings is 2. The fourth-order valence-electron chi connectivity index (χ4n) is 2.81. The highest BCUT2D eigenvalue weighted by molar-refractivity contribution is 9.10. The van der Waals surface area contributed by atoms with E-state index in [0.29, 0.717) is 33.7 Å². The van der Waals surface area contributed by atoms with E-state index in [1.54, 1.807) is 18.2 Å². The van der Waals surface area contributed by atoms with Crippen LogP contribution >= 0.6 is 15.9 Å². The summed E-state index contributed by atoms with van der Waals surface area (Å²) in [5.74, 6) is 2.44. The number of nitrogens with zero attached hydrogens (tertiary/aromatic N) is 1. The monoisotopic (exact) mass is 472 g/mol. The summed E-state index contributed by atoms with van der Waals surface area (Å²) < 4.78 is 24.8. The molecule has 0 aromatic heterocycles. The van der Waals surface area contributed by atoms with Gasteiger partial charge in [-0.25, -0.2) is 9.18 Å². The molecule has 0 bridgehead atoms. The van der Waals surface area contributed by atoms with Gasteiger partial charge in [0.05, 0.1) is 13.2 Å². The summed E-state index contributed by atoms with van der Waals surface area (Å²) in [4.78, 5) is 26.1. The van der Waals surface area contributed by atoms with E-state index in [2.05, 4.69) is 27.2 Å². The van der Waals surface area contributed by atoms with E-state index >= 15 is 0 Å². The Morgan fingerprint density at radius 1 is 1.20 bits per heavy atom. The summed E-state index contributed by atoms with van der Waals surface area (Å²) in [5, 5.41) is 2.57. The van der Waals surface area contributed by atoms with Crippen LogP contribution < -0.4 is 14.8 Å². The molecule has 0 atom stereocenters. The molecule has 1 heterocycles. The second-order valence-electron chi connectivity index (χ2n) is 6.25. The van der Waals surface area contributed by atoms with Crippen LogP contribution in [0.3, 0.4) is 0 Å². The number of rotatable bonds is 7. The van der Waals surface area contributed by atoms with Gasteiger partial charge in [0.15, 0.2) is 11.5 Å². The van der Waals surface area contributed by atoms with Crippen LogP contribution in [0.25, 0.3) is 6.08 Å². The fraction of sp³-hybridized carbons (Fsp3) is 0.182. The topological polar surface area (TPSA) is 67.9 Å². The highest BCUT2D eigenvalue weighted by Crippen LogP contribution is 2.35. The van der Waals surface area contributed by atoms with Crippen molar-refractivity contribution in [3.05, 3.63) is 63.5 Å². The first-order valence-corrected chi connectivity index (χ1v) is 9.83. The van der Waals surface area contributed by atoms with Crippen LogP contribution in [0, 0.1) is 18.2 Å². The molecule has 1 N–H and O–H groups in total. The van der Waals surface area contributed by atoms with Crippen LogP contribution in [0.2, 0.25) is 0 Å². The number of ether oxygens (including phenoxy) is 2. The number of hydrogen-bond donors (Lipinski definition) is 1. The number of carbonyl (C=O) groups is 2. The summed E-state index contributed by atoms with van der Waals surface area (Å²) in [6, 6.07) is 8.43. The largest absolute Gasteiger partial charge is 0.490 e. The quantitative estimate of drug-likeness (QED) is 0.374. The molecule has 8 heteroatoms. The predicted molar refractivity (Wildman–Crippen MR) is 113 cm³/mol. The van der Waals surface area contributed by atoms with Gasteiger partial charge in [-0.05, 0) is 48.4 Å². The number of urea groups is 1. The van der Waals surface area contributed by atoms with Crippen LogP contribution in [0.4, 0.5) is 9.18 Å². The van der Waals surface area contributed by atoms with E-state index in [1.807, 2.05) is 6.92 Å². The molecule has 30 heavy (non-hydrogen) atoms. The molecule has 3 amide bonds. The molecule has 1 fully saturated rings. The summed E-state index contributed by atoms with van der Waals surface area (Å²) in [6.45, 7) is 2.36. The SMILES string of the molecule is C#CCOc1cc(Br)c(/C=C2/NC(=O)N(Cc3ccc(F)cc3)C2=O)cc1OCC. The van der Waals surface area contributed by atoms with Crippen molar-refractivity contribution in [1.82, 2.24) is 10.2 Å². The van der Waals surface area contributed by atoms with Crippen LogP contribution in [-0.2, 0) is 11.3 Å². The second-order valence-corrected chi connectivity index (χ2v) is 7.11. The second kappa shape index (κ2) is 9.46. The van der Waals surface area contributed by atoms with Crippen molar-refractivity contribution >= 4 is 33.9 Å². The number of imide groups is 1. The van der Waals surface area contributed by atoms with Crippen molar-refractivity contribution in [1.29, 1.82) is 0 Å². The minimum atomic E-state index is -0.550. The molecular formula is C22H18BrFN2O4. The first kappa shape index (κ1) is 21.4. The third-order valence-electron chi connectivity index (χ3n) is 4.19. The van der Waals surface area contributed by atoms with E-state index < -0.39 is 11.9 Å². The zero-order valence-electron chi connectivity index (χ0n) is 16.1. The van der Waals surface area contributed by atoms with E-state index in [-0.39, 0.29) is 24.7 Å². The molecule has 1 aliphatic heterocycles. The number of hydrogen-bond acceptors (Lipinski definition) is 4. The fourth-order valence-corrected chi connectivity index (χ4v) is 3.24. The van der Waals surface area contributed by atoms with Crippen molar-refractivity contribution in [2.24, 2.45) is 0 Å². The smallest absolute Gasteiger partial charge is 0.329 e. The van der Waals surface area contributed by atoms with Gasteiger partial charge in [0, 0.05) is 4.47 Å². The van der Waals surface area contributed by atoms with Gasteiger partial charge < -0.3 is 14.8 Å². The van der Waals surface area contributed by atoms with Crippen LogP contribution in [0.15, 0.2) is 46.6 Å². The first-order valence-electron chi connectivity index (χ1n) is 9.04. The minimum absolute atomic E-state index is 0.0342. The van der Waals surface area contributed by atoms with Crippen molar-refractivity contribution in [3.8, 4) is 23.8 Å². The normalized spacial score (nSPS) is 14.6.